The molecule has 0 rings (SSSR count). The molecule has 0 spiro atoms. The first-order valence-electron chi connectivity index (χ1n) is 10.7. The normalized spacial score (nSPS) is 16.1. The molecule has 0 aliphatic heterocycles. The van der Waals surface area contributed by atoms with E-state index in [9.17, 15) is 39.0 Å². The molecule has 0 aromatic carbocycles. The van der Waals surface area contributed by atoms with Gasteiger partial charge in [-0.25, -0.2) is 4.79 Å². The minimum atomic E-state index is -1.48. The van der Waals surface area contributed by atoms with Gasteiger partial charge in [-0.05, 0) is 25.7 Å². The molecule has 0 aromatic heterocycles. The summed E-state index contributed by atoms with van der Waals surface area (Å²) in [4.78, 5) is 71.1. The number of aliphatic carboxylic acids is 3. The molecule has 0 heterocycles. The number of aliphatic hydroxyl groups excluding tert-OH is 1. The van der Waals surface area contributed by atoms with Crippen LogP contribution < -0.4 is 21.7 Å². The van der Waals surface area contributed by atoms with Crippen molar-refractivity contribution < 1.29 is 49.2 Å². The zero-order valence-corrected chi connectivity index (χ0v) is 19.3. The Kier molecular flexibility index (Phi) is 13.4. The van der Waals surface area contributed by atoms with E-state index in [4.69, 9.17) is 15.9 Å². The number of carbonyl (C=O) groups is 6. The number of rotatable bonds is 16. The molecule has 34 heavy (non-hydrogen) atoms. The average Bonchev–Trinajstić information content (AvgIpc) is 2.75. The van der Waals surface area contributed by atoms with E-state index in [2.05, 4.69) is 16.0 Å². The molecule has 0 aliphatic rings. The van der Waals surface area contributed by atoms with Crippen molar-refractivity contribution in [2.24, 2.45) is 11.7 Å². The molecule has 194 valence electrons. The van der Waals surface area contributed by atoms with Gasteiger partial charge >= 0.3 is 17.9 Å². The van der Waals surface area contributed by atoms with Crippen molar-refractivity contribution in [2.75, 3.05) is 0 Å². The summed E-state index contributed by atoms with van der Waals surface area (Å²) in [5.41, 5.74) is 5.52. The maximum atomic E-state index is 12.8. The third-order valence-electron chi connectivity index (χ3n) is 5.16. The second-order valence-electron chi connectivity index (χ2n) is 7.96. The SMILES string of the molecule is CC[C@H](C)[C@H](NC(=O)[C@H](CCC(=O)O)NC(=O)[C@H](CCC(=O)O)NC(=O)[C@@H](N)[C@@H](C)O)C(=O)O. The maximum absolute atomic E-state index is 12.8. The number of amides is 3. The summed E-state index contributed by atoms with van der Waals surface area (Å²) >= 11 is 0. The van der Waals surface area contributed by atoms with Gasteiger partial charge in [0.2, 0.25) is 17.7 Å². The molecule has 0 saturated carbocycles. The van der Waals surface area contributed by atoms with Crippen molar-refractivity contribution in [3.63, 3.8) is 0 Å². The van der Waals surface area contributed by atoms with Crippen molar-refractivity contribution >= 4 is 35.6 Å². The van der Waals surface area contributed by atoms with Gasteiger partial charge in [0.05, 0.1) is 6.10 Å². The number of hydrogen-bond donors (Lipinski definition) is 8. The molecule has 0 aromatic rings. The van der Waals surface area contributed by atoms with Gasteiger partial charge in [0.15, 0.2) is 0 Å². The second kappa shape index (κ2) is 14.8. The van der Waals surface area contributed by atoms with Crippen LogP contribution in [-0.2, 0) is 28.8 Å². The van der Waals surface area contributed by atoms with E-state index < -0.39 is 97.5 Å². The Balaban J connectivity index is 5.69. The van der Waals surface area contributed by atoms with Crippen LogP contribution in [0.25, 0.3) is 0 Å². The van der Waals surface area contributed by atoms with E-state index in [1.165, 1.54) is 6.92 Å². The van der Waals surface area contributed by atoms with Crippen molar-refractivity contribution in [1.29, 1.82) is 0 Å². The smallest absolute Gasteiger partial charge is 0.326 e. The Hall–Kier alpha value is -3.26. The third-order valence-corrected chi connectivity index (χ3v) is 5.16. The average molecular weight is 491 g/mol. The van der Waals surface area contributed by atoms with Crippen molar-refractivity contribution in [3.8, 4) is 0 Å². The van der Waals surface area contributed by atoms with Gasteiger partial charge in [-0.2, -0.15) is 0 Å². The Morgan fingerprint density at radius 3 is 1.53 bits per heavy atom. The van der Waals surface area contributed by atoms with E-state index in [1.54, 1.807) is 13.8 Å². The number of carbonyl (C=O) groups excluding carboxylic acids is 3. The lowest BCUT2D eigenvalue weighted by Gasteiger charge is -2.26. The summed E-state index contributed by atoms with van der Waals surface area (Å²) in [7, 11) is 0. The highest BCUT2D eigenvalue weighted by molar-refractivity contribution is 5.94. The lowest BCUT2D eigenvalue weighted by molar-refractivity contribution is -0.144. The summed E-state index contributed by atoms with van der Waals surface area (Å²) in [5, 5.41) is 43.5. The second-order valence-corrected chi connectivity index (χ2v) is 7.96. The molecule has 0 aliphatic carbocycles. The molecular weight excluding hydrogens is 456 g/mol. The molecule has 0 saturated heterocycles. The van der Waals surface area contributed by atoms with E-state index in [0.29, 0.717) is 6.42 Å². The molecule has 14 nitrogen and oxygen atoms in total. The van der Waals surface area contributed by atoms with Crippen LogP contribution in [0.3, 0.4) is 0 Å². The van der Waals surface area contributed by atoms with Crippen LogP contribution in [0.15, 0.2) is 0 Å². The zero-order chi connectivity index (χ0) is 26.6. The third kappa shape index (κ3) is 11.0. The van der Waals surface area contributed by atoms with Gasteiger partial charge in [0, 0.05) is 12.8 Å². The zero-order valence-electron chi connectivity index (χ0n) is 19.3. The lowest BCUT2D eigenvalue weighted by Crippen LogP contribution is -2.58. The first-order chi connectivity index (χ1) is 15.7. The predicted octanol–water partition coefficient (Wildman–Crippen LogP) is -1.99. The summed E-state index contributed by atoms with van der Waals surface area (Å²) < 4.78 is 0. The van der Waals surface area contributed by atoms with Gasteiger partial charge < -0.3 is 42.1 Å². The Labute approximate surface area is 196 Å². The summed E-state index contributed by atoms with van der Waals surface area (Å²) in [6.45, 7) is 4.54. The van der Waals surface area contributed by atoms with E-state index in [-0.39, 0.29) is 0 Å². The number of carboxylic acid groups (broad SMARTS) is 3. The number of hydrogen-bond acceptors (Lipinski definition) is 8. The molecule has 0 unspecified atom stereocenters. The molecule has 6 atom stereocenters. The highest BCUT2D eigenvalue weighted by Gasteiger charge is 2.32. The molecule has 9 N–H and O–H groups in total. The molecule has 0 bridgehead atoms. The fourth-order valence-electron chi connectivity index (χ4n) is 2.77. The van der Waals surface area contributed by atoms with Crippen LogP contribution >= 0.6 is 0 Å². The van der Waals surface area contributed by atoms with Crippen LogP contribution in [0.2, 0.25) is 0 Å². The van der Waals surface area contributed by atoms with E-state index >= 15 is 0 Å². The minimum Gasteiger partial charge on any atom is -0.481 e. The predicted molar refractivity (Wildman–Crippen MR) is 116 cm³/mol. The highest BCUT2D eigenvalue weighted by Crippen LogP contribution is 2.10. The fraction of sp³-hybridized carbons (Fsp3) is 0.700. The van der Waals surface area contributed by atoms with Crippen molar-refractivity contribution in [3.05, 3.63) is 0 Å². The lowest BCUT2D eigenvalue weighted by atomic mass is 9.98. The molecule has 3 amide bonds. The fourth-order valence-corrected chi connectivity index (χ4v) is 2.77. The van der Waals surface area contributed by atoms with Gasteiger partial charge in [0.1, 0.15) is 24.2 Å². The Morgan fingerprint density at radius 2 is 1.18 bits per heavy atom. The molecular formula is C20H34N4O10. The number of aliphatic hydroxyl groups is 1. The monoisotopic (exact) mass is 490 g/mol. The Morgan fingerprint density at radius 1 is 0.765 bits per heavy atom. The van der Waals surface area contributed by atoms with E-state index in [1.807, 2.05) is 0 Å². The summed E-state index contributed by atoms with van der Waals surface area (Å²) in [6.07, 6.45) is -2.73. The quantitative estimate of drug-likeness (QED) is 0.118. The van der Waals surface area contributed by atoms with Crippen LogP contribution in [0.1, 0.15) is 52.9 Å². The first-order valence-corrected chi connectivity index (χ1v) is 10.7. The van der Waals surface area contributed by atoms with Crippen molar-refractivity contribution in [1.82, 2.24) is 16.0 Å². The van der Waals surface area contributed by atoms with Crippen LogP contribution in [0, 0.1) is 5.92 Å². The molecule has 0 radical (unpaired) electrons. The maximum Gasteiger partial charge on any atom is 0.326 e. The van der Waals surface area contributed by atoms with Gasteiger partial charge in [-0.3, -0.25) is 24.0 Å². The largest absolute Gasteiger partial charge is 0.481 e. The van der Waals surface area contributed by atoms with Gasteiger partial charge in [0.25, 0.3) is 0 Å². The topological polar surface area (TPSA) is 245 Å². The van der Waals surface area contributed by atoms with Gasteiger partial charge in [-0.1, -0.05) is 20.3 Å². The summed E-state index contributed by atoms with van der Waals surface area (Å²) in [5.74, 6) is -7.24. The summed E-state index contributed by atoms with van der Waals surface area (Å²) in [6, 6.07) is -5.67. The van der Waals surface area contributed by atoms with Crippen LogP contribution in [0.4, 0.5) is 0 Å². The minimum absolute atomic E-state index is 0.392. The van der Waals surface area contributed by atoms with Crippen LogP contribution in [-0.4, -0.2) is 86.3 Å². The van der Waals surface area contributed by atoms with Gasteiger partial charge in [-0.15, -0.1) is 0 Å². The standard InChI is InChI=1S/C20H34N4O10/c1-4-9(2)16(20(33)34)24-18(31)12(6-8-14(28)29)22-17(30)11(5-7-13(26)27)23-19(32)15(21)10(3)25/h9-12,15-16,25H,4-8,21H2,1-3H3,(H,22,30)(H,23,32)(H,24,31)(H,26,27)(H,28,29)(H,33,34)/t9-,10+,11-,12-,15-,16-/m0/s1. The van der Waals surface area contributed by atoms with Crippen LogP contribution in [0.5, 0.6) is 0 Å². The highest BCUT2D eigenvalue weighted by atomic mass is 16.4. The first kappa shape index (κ1) is 30.7. The van der Waals surface area contributed by atoms with Crippen molar-refractivity contribution in [2.45, 2.75) is 83.1 Å². The molecule has 0 fully saturated rings. The number of carboxylic acids is 3. The van der Waals surface area contributed by atoms with E-state index in [0.717, 1.165) is 0 Å². The number of nitrogens with two attached hydrogens (primary N) is 1. The Bertz CT molecular complexity index is 758. The molecule has 14 heteroatoms. The number of nitrogens with one attached hydrogen (secondary N) is 3.